The Hall–Kier alpha value is -1.83. The highest BCUT2D eigenvalue weighted by atomic mass is 16.4. The summed E-state index contributed by atoms with van der Waals surface area (Å²) in [6.45, 7) is 2.25. The summed E-state index contributed by atoms with van der Waals surface area (Å²) in [6, 6.07) is 0. The molecule has 0 unspecified atom stereocenters. The molecule has 0 atom stereocenters. The van der Waals surface area contributed by atoms with Crippen molar-refractivity contribution in [1.29, 1.82) is 0 Å². The molecule has 1 N–H and O–H groups in total. The van der Waals surface area contributed by atoms with Crippen molar-refractivity contribution in [2.45, 2.75) is 58.3 Å². The number of carboxylic acid groups (broad SMARTS) is 1. The number of unbranched alkanes of at least 4 members (excludes halogenated alkanes) is 7. The second-order valence-electron chi connectivity index (χ2n) is 5.19. The van der Waals surface area contributed by atoms with Crippen molar-refractivity contribution in [2.75, 3.05) is 0 Å². The fourth-order valence-corrected chi connectivity index (χ4v) is 1.92. The van der Waals surface area contributed by atoms with E-state index in [-0.39, 0.29) is 0 Å². The minimum Gasteiger partial charge on any atom is -0.478 e. The highest BCUT2D eigenvalue weighted by Gasteiger charge is 1.88. The zero-order valence-electron chi connectivity index (χ0n) is 13.8. The van der Waals surface area contributed by atoms with Crippen LogP contribution in [-0.2, 0) is 4.79 Å². The first-order valence-corrected chi connectivity index (χ1v) is 8.33. The van der Waals surface area contributed by atoms with Crippen LogP contribution < -0.4 is 0 Å². The Morgan fingerprint density at radius 1 is 0.727 bits per heavy atom. The number of allylic oxidation sites excluding steroid dienone is 9. The molecule has 0 heterocycles. The van der Waals surface area contributed by atoms with Crippen LogP contribution in [0.3, 0.4) is 0 Å². The van der Waals surface area contributed by atoms with Gasteiger partial charge in [-0.3, -0.25) is 0 Å². The van der Waals surface area contributed by atoms with E-state index in [0.29, 0.717) is 0 Å². The third kappa shape index (κ3) is 18.2. The number of rotatable bonds is 13. The Kier molecular flexibility index (Phi) is 15.8. The molecule has 0 aromatic carbocycles. The van der Waals surface area contributed by atoms with Gasteiger partial charge in [0.15, 0.2) is 0 Å². The standard InChI is InChI=1S/C20H30O2/c1-2-3-4-5-6-7-8-9-10-11-12-13-14-15-16-17-18-19-20(21)22/h10-19H,2-9H2,1H3,(H,21,22)/b11-10?,13-12?,15-14?,17-16+,19-18-. The molecule has 0 saturated carbocycles. The molecule has 0 spiro atoms. The quantitative estimate of drug-likeness (QED) is 0.258. The van der Waals surface area contributed by atoms with E-state index in [0.717, 1.165) is 12.5 Å². The van der Waals surface area contributed by atoms with Gasteiger partial charge in [-0.15, -0.1) is 0 Å². The van der Waals surface area contributed by atoms with Crippen LogP contribution in [-0.4, -0.2) is 11.1 Å². The van der Waals surface area contributed by atoms with Crippen molar-refractivity contribution in [1.82, 2.24) is 0 Å². The largest absolute Gasteiger partial charge is 0.478 e. The van der Waals surface area contributed by atoms with Crippen LogP contribution in [0.15, 0.2) is 60.8 Å². The van der Waals surface area contributed by atoms with E-state index in [4.69, 9.17) is 5.11 Å². The summed E-state index contributed by atoms with van der Waals surface area (Å²) in [5.74, 6) is -0.931. The van der Waals surface area contributed by atoms with Gasteiger partial charge < -0.3 is 5.11 Å². The average molecular weight is 302 g/mol. The second kappa shape index (κ2) is 17.2. The maximum absolute atomic E-state index is 10.2. The Morgan fingerprint density at radius 2 is 1.23 bits per heavy atom. The first-order chi connectivity index (χ1) is 10.8. The van der Waals surface area contributed by atoms with E-state index < -0.39 is 5.97 Å². The van der Waals surface area contributed by atoms with Crippen LogP contribution in [0.1, 0.15) is 58.3 Å². The maximum Gasteiger partial charge on any atom is 0.328 e. The van der Waals surface area contributed by atoms with Gasteiger partial charge in [0.25, 0.3) is 0 Å². The predicted molar refractivity (Wildman–Crippen MR) is 95.9 cm³/mol. The van der Waals surface area contributed by atoms with Crippen molar-refractivity contribution >= 4 is 5.97 Å². The highest BCUT2D eigenvalue weighted by Crippen LogP contribution is 2.08. The Morgan fingerprint density at radius 3 is 1.82 bits per heavy atom. The summed E-state index contributed by atoms with van der Waals surface area (Å²) in [4.78, 5) is 10.2. The van der Waals surface area contributed by atoms with Crippen LogP contribution in [0.4, 0.5) is 0 Å². The van der Waals surface area contributed by atoms with Crippen molar-refractivity contribution < 1.29 is 9.90 Å². The molecule has 22 heavy (non-hydrogen) atoms. The minimum atomic E-state index is -0.931. The number of carboxylic acids is 1. The lowest BCUT2D eigenvalue weighted by atomic mass is 10.1. The first kappa shape index (κ1) is 20.2. The summed E-state index contributed by atoms with van der Waals surface area (Å²) in [5.41, 5.74) is 0. The molecule has 0 aromatic rings. The molecule has 2 nitrogen and oxygen atoms in total. The van der Waals surface area contributed by atoms with Gasteiger partial charge >= 0.3 is 5.97 Å². The van der Waals surface area contributed by atoms with E-state index in [1.807, 2.05) is 24.3 Å². The number of hydrogen-bond donors (Lipinski definition) is 1. The number of carbonyl (C=O) groups is 1. The first-order valence-electron chi connectivity index (χ1n) is 8.33. The van der Waals surface area contributed by atoms with E-state index in [1.54, 1.807) is 12.2 Å². The summed E-state index contributed by atoms with van der Waals surface area (Å²) >= 11 is 0. The van der Waals surface area contributed by atoms with Crippen LogP contribution in [0.5, 0.6) is 0 Å². The maximum atomic E-state index is 10.2. The van der Waals surface area contributed by atoms with Gasteiger partial charge in [0.1, 0.15) is 0 Å². The third-order valence-electron chi connectivity index (χ3n) is 3.13. The Bertz CT molecular complexity index is 398. The monoisotopic (exact) mass is 302 g/mol. The van der Waals surface area contributed by atoms with Crippen LogP contribution in [0.25, 0.3) is 0 Å². The number of aliphatic carboxylic acids is 1. The molecule has 0 aromatic heterocycles. The summed E-state index contributed by atoms with van der Waals surface area (Å²) in [7, 11) is 0. The topological polar surface area (TPSA) is 37.3 Å². The molecule has 0 saturated heterocycles. The van der Waals surface area contributed by atoms with Gasteiger partial charge in [0, 0.05) is 6.08 Å². The minimum absolute atomic E-state index is 0.931. The van der Waals surface area contributed by atoms with Gasteiger partial charge in [-0.2, -0.15) is 0 Å². The zero-order valence-corrected chi connectivity index (χ0v) is 13.8. The molecule has 0 radical (unpaired) electrons. The van der Waals surface area contributed by atoms with E-state index in [1.165, 1.54) is 51.0 Å². The van der Waals surface area contributed by atoms with Gasteiger partial charge in [0.05, 0.1) is 0 Å². The molecule has 0 aliphatic carbocycles. The molecule has 0 aliphatic heterocycles. The molecule has 0 aliphatic rings. The average Bonchev–Trinajstić information content (AvgIpc) is 2.50. The lowest BCUT2D eigenvalue weighted by Gasteiger charge is -1.98. The summed E-state index contributed by atoms with van der Waals surface area (Å²) in [5, 5.41) is 8.38. The lowest BCUT2D eigenvalue weighted by Crippen LogP contribution is -1.84. The Balaban J connectivity index is 3.50. The van der Waals surface area contributed by atoms with Crippen molar-refractivity contribution in [3.63, 3.8) is 0 Å². The lowest BCUT2D eigenvalue weighted by molar-refractivity contribution is -0.131. The van der Waals surface area contributed by atoms with E-state index in [2.05, 4.69) is 19.1 Å². The SMILES string of the molecule is CCCCCCCCCC=CC=CC=C/C=C/C=C\C(=O)O. The second-order valence-corrected chi connectivity index (χ2v) is 5.19. The molecule has 0 fully saturated rings. The molecule has 0 amide bonds. The Labute approximate surface area is 135 Å². The van der Waals surface area contributed by atoms with Crippen molar-refractivity contribution in [3.05, 3.63) is 60.8 Å². The van der Waals surface area contributed by atoms with E-state index in [9.17, 15) is 4.79 Å². The predicted octanol–water partition coefficient (Wildman–Crippen LogP) is 5.99. The van der Waals surface area contributed by atoms with Crippen molar-refractivity contribution in [2.24, 2.45) is 0 Å². The zero-order chi connectivity index (χ0) is 16.3. The van der Waals surface area contributed by atoms with Crippen LogP contribution in [0.2, 0.25) is 0 Å². The van der Waals surface area contributed by atoms with Gasteiger partial charge in [0.2, 0.25) is 0 Å². The van der Waals surface area contributed by atoms with E-state index >= 15 is 0 Å². The molecule has 0 rings (SSSR count). The fourth-order valence-electron chi connectivity index (χ4n) is 1.92. The van der Waals surface area contributed by atoms with Crippen LogP contribution in [0, 0.1) is 0 Å². The number of hydrogen-bond acceptors (Lipinski definition) is 1. The van der Waals surface area contributed by atoms with Gasteiger partial charge in [-0.1, -0.05) is 100 Å². The normalized spacial score (nSPS) is 12.8. The van der Waals surface area contributed by atoms with Gasteiger partial charge in [-0.25, -0.2) is 4.79 Å². The fraction of sp³-hybridized carbons (Fsp3) is 0.450. The molecule has 122 valence electrons. The highest BCUT2D eigenvalue weighted by molar-refractivity contribution is 5.80. The molecule has 0 bridgehead atoms. The van der Waals surface area contributed by atoms with Gasteiger partial charge in [-0.05, 0) is 12.8 Å². The summed E-state index contributed by atoms with van der Waals surface area (Å²) in [6.07, 6.45) is 28.8. The molecular formula is C20H30O2. The van der Waals surface area contributed by atoms with Crippen LogP contribution >= 0.6 is 0 Å². The smallest absolute Gasteiger partial charge is 0.328 e. The summed E-state index contributed by atoms with van der Waals surface area (Å²) < 4.78 is 0. The molecular weight excluding hydrogens is 272 g/mol. The van der Waals surface area contributed by atoms with Crippen molar-refractivity contribution in [3.8, 4) is 0 Å². The molecule has 2 heteroatoms. The third-order valence-corrected chi connectivity index (χ3v) is 3.13.